The molecule has 0 spiro atoms. The largest absolute Gasteiger partial charge is 0.508 e. The number of carbonyl (C=O) groups is 1. The van der Waals surface area contributed by atoms with Crippen LogP contribution in [0.3, 0.4) is 0 Å². The Morgan fingerprint density at radius 3 is 1.57 bits per heavy atom. The van der Waals surface area contributed by atoms with Crippen molar-refractivity contribution in [1.29, 1.82) is 0 Å². The van der Waals surface area contributed by atoms with Crippen LogP contribution >= 0.6 is 45.2 Å². The topological polar surface area (TPSA) is 122 Å². The van der Waals surface area contributed by atoms with E-state index in [1.165, 1.54) is 12.1 Å². The van der Waals surface area contributed by atoms with E-state index < -0.39 is 27.8 Å². The Morgan fingerprint density at radius 2 is 1.23 bits per heavy atom. The number of hydrogen-bond acceptors (Lipinski definition) is 7. The van der Waals surface area contributed by atoms with Crippen molar-refractivity contribution in [3.63, 3.8) is 0 Å². The molecule has 160 valence electrons. The van der Waals surface area contributed by atoms with E-state index in [0.717, 1.165) is 7.14 Å². The van der Waals surface area contributed by atoms with Crippen molar-refractivity contribution < 1.29 is 24.1 Å². The molecule has 0 heterocycles. The Hall–Kier alpha value is -2.03. The zero-order valence-electron chi connectivity index (χ0n) is 16.0. The first-order chi connectivity index (χ1) is 14.1. The highest BCUT2D eigenvalue weighted by Crippen LogP contribution is 2.30. The fraction of sp³-hybridized carbons (Fsp3) is 0.316. The number of nitro benzene ring substituents is 2. The van der Waals surface area contributed by atoms with Gasteiger partial charge < -0.3 is 9.47 Å². The van der Waals surface area contributed by atoms with E-state index in [0.29, 0.717) is 11.1 Å². The molecule has 0 amide bonds. The summed E-state index contributed by atoms with van der Waals surface area (Å²) in [5.74, 6) is -0.830. The van der Waals surface area contributed by atoms with E-state index in [-0.39, 0.29) is 24.6 Å². The van der Waals surface area contributed by atoms with E-state index >= 15 is 0 Å². The molecule has 2 atom stereocenters. The third-order valence-electron chi connectivity index (χ3n) is 4.34. The van der Waals surface area contributed by atoms with Gasteiger partial charge in [-0.2, -0.15) is 0 Å². The molecular weight excluding hydrogens is 622 g/mol. The lowest BCUT2D eigenvalue weighted by Crippen LogP contribution is -2.16. The average molecular weight is 640 g/mol. The second-order valence-corrected chi connectivity index (χ2v) is 9.09. The Morgan fingerprint density at radius 1 is 0.867 bits per heavy atom. The number of hydrogen-bond donors (Lipinski definition) is 0. The Labute approximate surface area is 199 Å². The molecule has 0 aliphatic carbocycles. The van der Waals surface area contributed by atoms with Gasteiger partial charge in [-0.3, -0.25) is 20.2 Å². The smallest absolute Gasteiger partial charge is 0.434 e. The summed E-state index contributed by atoms with van der Waals surface area (Å²) in [6, 6.07) is 9.46. The van der Waals surface area contributed by atoms with Crippen LogP contribution in [0.4, 0.5) is 16.2 Å². The standard InChI is InChI=1S/C19H18I2N2O7/c1-11(15-7-13(20)3-5-17(15)22(25)26)9-29-19(24)30-10-12(2)16-8-14(21)4-6-18(16)23(27)28/h3-8,11-12H,9-10H2,1-2H3. The van der Waals surface area contributed by atoms with Gasteiger partial charge in [-0.25, -0.2) is 4.79 Å². The van der Waals surface area contributed by atoms with Gasteiger partial charge in [-0.05, 0) is 69.4 Å². The van der Waals surface area contributed by atoms with Crippen molar-refractivity contribution in [2.75, 3.05) is 13.2 Å². The van der Waals surface area contributed by atoms with E-state index in [1.54, 1.807) is 38.1 Å². The molecule has 9 nitrogen and oxygen atoms in total. The van der Waals surface area contributed by atoms with Crippen LogP contribution in [0, 0.1) is 27.4 Å². The Bertz CT molecular complexity index is 892. The quantitative estimate of drug-likeness (QED) is 0.155. The minimum atomic E-state index is -0.935. The van der Waals surface area contributed by atoms with Crippen LogP contribution in [0.1, 0.15) is 36.8 Å². The van der Waals surface area contributed by atoms with E-state index in [4.69, 9.17) is 9.47 Å². The van der Waals surface area contributed by atoms with Crippen LogP contribution < -0.4 is 0 Å². The lowest BCUT2D eigenvalue weighted by atomic mass is 10.0. The molecule has 2 aromatic carbocycles. The van der Waals surface area contributed by atoms with Gasteiger partial charge in [0.25, 0.3) is 11.4 Å². The number of nitro groups is 2. The number of nitrogens with zero attached hydrogens (tertiary/aromatic N) is 2. The highest BCUT2D eigenvalue weighted by molar-refractivity contribution is 14.1. The first kappa shape index (κ1) is 24.2. The fourth-order valence-corrected chi connectivity index (χ4v) is 3.81. The summed E-state index contributed by atoms with van der Waals surface area (Å²) in [5, 5.41) is 22.4. The van der Waals surface area contributed by atoms with Crippen molar-refractivity contribution in [3.8, 4) is 0 Å². The zero-order chi connectivity index (χ0) is 22.4. The number of ether oxygens (including phenoxy) is 2. The van der Waals surface area contributed by atoms with Gasteiger partial charge in [0.2, 0.25) is 0 Å². The Balaban J connectivity index is 1.96. The van der Waals surface area contributed by atoms with E-state index in [2.05, 4.69) is 45.2 Å². The maximum Gasteiger partial charge on any atom is 0.508 e. The molecule has 30 heavy (non-hydrogen) atoms. The maximum absolute atomic E-state index is 12.0. The minimum absolute atomic E-state index is 0.0421. The molecule has 0 saturated carbocycles. The predicted molar refractivity (Wildman–Crippen MR) is 126 cm³/mol. The summed E-state index contributed by atoms with van der Waals surface area (Å²) < 4.78 is 11.9. The third kappa shape index (κ3) is 6.48. The highest BCUT2D eigenvalue weighted by Gasteiger charge is 2.23. The molecule has 11 heteroatoms. The normalized spacial score (nSPS) is 12.7. The lowest BCUT2D eigenvalue weighted by molar-refractivity contribution is -0.385. The molecule has 2 aromatic rings. The maximum atomic E-state index is 12.0. The summed E-state index contributed by atoms with van der Waals surface area (Å²) in [5.41, 5.74) is 0.837. The molecule has 0 fully saturated rings. The first-order valence-electron chi connectivity index (χ1n) is 8.77. The number of halogens is 2. The van der Waals surface area contributed by atoms with Crippen LogP contribution in [0.2, 0.25) is 0 Å². The van der Waals surface area contributed by atoms with Gasteiger partial charge >= 0.3 is 6.16 Å². The van der Waals surface area contributed by atoms with Gasteiger partial charge in [-0.15, -0.1) is 0 Å². The monoisotopic (exact) mass is 640 g/mol. The van der Waals surface area contributed by atoms with Gasteiger partial charge in [0.1, 0.15) is 13.2 Å². The molecule has 0 saturated heterocycles. The van der Waals surface area contributed by atoms with Crippen molar-refractivity contribution in [3.05, 3.63) is 74.9 Å². The number of rotatable bonds is 8. The number of benzene rings is 2. The lowest BCUT2D eigenvalue weighted by Gasteiger charge is -2.15. The van der Waals surface area contributed by atoms with Crippen molar-refractivity contribution in [2.45, 2.75) is 25.7 Å². The molecule has 0 bridgehead atoms. The van der Waals surface area contributed by atoms with Crippen molar-refractivity contribution in [1.82, 2.24) is 0 Å². The molecule has 0 aromatic heterocycles. The second-order valence-electron chi connectivity index (χ2n) is 6.59. The van der Waals surface area contributed by atoms with E-state index in [9.17, 15) is 25.0 Å². The van der Waals surface area contributed by atoms with Gasteiger partial charge in [0, 0.05) is 42.2 Å². The molecule has 0 N–H and O–H groups in total. The molecular formula is C19H18I2N2O7. The van der Waals surface area contributed by atoms with Crippen LogP contribution in [0.5, 0.6) is 0 Å². The summed E-state index contributed by atoms with van der Waals surface area (Å²) in [7, 11) is 0. The molecule has 2 rings (SSSR count). The van der Waals surface area contributed by atoms with E-state index in [1.807, 2.05) is 0 Å². The second kappa shape index (κ2) is 10.8. The zero-order valence-corrected chi connectivity index (χ0v) is 20.4. The van der Waals surface area contributed by atoms with Crippen LogP contribution in [0.25, 0.3) is 0 Å². The van der Waals surface area contributed by atoms with Gasteiger partial charge in [0.15, 0.2) is 0 Å². The van der Waals surface area contributed by atoms with Crippen LogP contribution in [-0.2, 0) is 9.47 Å². The molecule has 0 aliphatic heterocycles. The fourth-order valence-electron chi connectivity index (χ4n) is 2.78. The summed E-state index contributed by atoms with van der Waals surface area (Å²) in [6.45, 7) is 3.22. The molecule has 2 unspecified atom stereocenters. The summed E-state index contributed by atoms with van der Waals surface area (Å²) in [6.07, 6.45) is -0.935. The first-order valence-corrected chi connectivity index (χ1v) is 10.9. The summed E-state index contributed by atoms with van der Waals surface area (Å²) in [4.78, 5) is 33.4. The molecule has 0 radical (unpaired) electrons. The third-order valence-corrected chi connectivity index (χ3v) is 5.68. The Kier molecular flexibility index (Phi) is 8.76. The van der Waals surface area contributed by atoms with Gasteiger partial charge in [0.05, 0.1) is 9.85 Å². The van der Waals surface area contributed by atoms with Crippen molar-refractivity contribution in [2.24, 2.45) is 0 Å². The highest BCUT2D eigenvalue weighted by atomic mass is 127. The molecule has 0 aliphatic rings. The number of carbonyl (C=O) groups excluding carboxylic acids is 1. The minimum Gasteiger partial charge on any atom is -0.434 e. The average Bonchev–Trinajstić information content (AvgIpc) is 2.69. The predicted octanol–water partition coefficient (Wildman–Crippen LogP) is 5.77. The summed E-state index contributed by atoms with van der Waals surface area (Å²) >= 11 is 4.11. The SMILES string of the molecule is CC(COC(=O)OCC(C)c1cc(I)ccc1[N+](=O)[O-])c1cc(I)ccc1[N+](=O)[O-]. The van der Waals surface area contributed by atoms with Gasteiger partial charge in [-0.1, -0.05) is 13.8 Å². The van der Waals surface area contributed by atoms with Crippen molar-refractivity contribution >= 4 is 62.7 Å². The van der Waals surface area contributed by atoms with Crippen LogP contribution in [-0.4, -0.2) is 29.2 Å². The van der Waals surface area contributed by atoms with Crippen LogP contribution in [0.15, 0.2) is 36.4 Å².